The van der Waals surface area contributed by atoms with E-state index in [-0.39, 0.29) is 28.0 Å². The first-order valence-electron chi connectivity index (χ1n) is 10.4. The van der Waals surface area contributed by atoms with Crippen LogP contribution in [0.2, 0.25) is 5.02 Å². The number of carbonyl (C=O) groups is 2. The molecule has 0 radical (unpaired) electrons. The molecule has 0 atom stereocenters. The summed E-state index contributed by atoms with van der Waals surface area (Å²) in [6.07, 6.45) is -2.06. The summed E-state index contributed by atoms with van der Waals surface area (Å²) in [5.74, 6) is -0.753. The normalized spacial score (nSPS) is 11.5. The van der Waals surface area contributed by atoms with E-state index in [1.54, 1.807) is 22.8 Å². The minimum absolute atomic E-state index is 0.0751. The predicted octanol–water partition coefficient (Wildman–Crippen LogP) is 5.58. The van der Waals surface area contributed by atoms with Crippen LogP contribution in [-0.2, 0) is 22.2 Å². The van der Waals surface area contributed by atoms with E-state index in [0.717, 1.165) is 17.3 Å². The molecule has 4 rings (SSSR count). The number of halogens is 4. The van der Waals surface area contributed by atoms with E-state index in [4.69, 9.17) is 11.6 Å². The van der Waals surface area contributed by atoms with Gasteiger partial charge < -0.3 is 5.32 Å². The first kappa shape index (κ1) is 24.2. The van der Waals surface area contributed by atoms with Gasteiger partial charge in [0.1, 0.15) is 5.82 Å². The fourth-order valence-corrected chi connectivity index (χ4v) is 3.86. The molecule has 0 spiro atoms. The van der Waals surface area contributed by atoms with Crippen molar-refractivity contribution in [1.29, 1.82) is 0 Å². The molecule has 1 aromatic carbocycles. The minimum Gasteiger partial charge on any atom is -0.326 e. The number of nitrogens with one attached hydrogen (secondary N) is 1. The van der Waals surface area contributed by atoms with Crippen LogP contribution in [-0.4, -0.2) is 26.4 Å². The molecule has 11 heteroatoms. The predicted molar refractivity (Wildman–Crippen MR) is 126 cm³/mol. The first-order chi connectivity index (χ1) is 16.5. The number of alkyl halides is 3. The molecule has 0 bridgehead atoms. The topological polar surface area (TPSA) is 79.6 Å². The van der Waals surface area contributed by atoms with Crippen molar-refractivity contribution in [3.8, 4) is 0 Å². The first-order valence-corrected chi connectivity index (χ1v) is 10.8. The van der Waals surface area contributed by atoms with Crippen LogP contribution < -0.4 is 10.2 Å². The third kappa shape index (κ3) is 5.43. The number of rotatable bonds is 5. The Morgan fingerprint density at radius 3 is 2.60 bits per heavy atom. The Balaban J connectivity index is 1.58. The summed E-state index contributed by atoms with van der Waals surface area (Å²) in [5.41, 5.74) is 1.23. The summed E-state index contributed by atoms with van der Waals surface area (Å²) in [6.45, 7) is 3.22. The standard InChI is InChI=1S/C24H19ClF3N5O2/c1-14-9-20-13-19(6-8-32(20)31-14)33(15(2)34)22-12-18(5-7-29-22)30-23(35)10-16-3-4-17(25)11-21(16)24(26,27)28/h3-9,11-13H,10H2,1-2H3,(H,29,30,35). The molecular weight excluding hydrogens is 483 g/mol. The highest BCUT2D eigenvalue weighted by Gasteiger charge is 2.34. The van der Waals surface area contributed by atoms with Crippen molar-refractivity contribution in [2.24, 2.45) is 0 Å². The van der Waals surface area contributed by atoms with Crippen LogP contribution in [0.3, 0.4) is 0 Å². The van der Waals surface area contributed by atoms with Gasteiger partial charge >= 0.3 is 6.18 Å². The third-order valence-electron chi connectivity index (χ3n) is 5.13. The van der Waals surface area contributed by atoms with E-state index >= 15 is 0 Å². The maximum Gasteiger partial charge on any atom is 0.416 e. The van der Waals surface area contributed by atoms with Gasteiger partial charge in [-0.2, -0.15) is 18.3 Å². The summed E-state index contributed by atoms with van der Waals surface area (Å²) < 4.78 is 41.7. The molecule has 4 aromatic rings. The lowest BCUT2D eigenvalue weighted by Crippen LogP contribution is -2.24. The molecule has 0 aliphatic heterocycles. The minimum atomic E-state index is -4.65. The van der Waals surface area contributed by atoms with Crippen molar-refractivity contribution < 1.29 is 22.8 Å². The van der Waals surface area contributed by atoms with E-state index in [1.807, 2.05) is 13.0 Å². The van der Waals surface area contributed by atoms with Crippen LogP contribution in [0.15, 0.2) is 60.9 Å². The number of anilines is 3. The Labute approximate surface area is 203 Å². The fourth-order valence-electron chi connectivity index (χ4n) is 3.69. The molecule has 0 aliphatic carbocycles. The Hall–Kier alpha value is -3.92. The van der Waals surface area contributed by atoms with E-state index < -0.39 is 24.1 Å². The number of hydrogen-bond acceptors (Lipinski definition) is 4. The van der Waals surface area contributed by atoms with Crippen molar-refractivity contribution in [3.63, 3.8) is 0 Å². The molecule has 3 heterocycles. The lowest BCUT2D eigenvalue weighted by atomic mass is 10.0. The second kappa shape index (κ2) is 9.38. The quantitative estimate of drug-likeness (QED) is 0.387. The average molecular weight is 502 g/mol. The van der Waals surface area contributed by atoms with E-state index in [0.29, 0.717) is 5.69 Å². The van der Waals surface area contributed by atoms with Gasteiger partial charge in [0, 0.05) is 36.1 Å². The van der Waals surface area contributed by atoms with Crippen molar-refractivity contribution in [2.75, 3.05) is 10.2 Å². The van der Waals surface area contributed by atoms with Crippen LogP contribution in [0.4, 0.5) is 30.4 Å². The van der Waals surface area contributed by atoms with Crippen LogP contribution in [0.25, 0.3) is 5.52 Å². The summed E-state index contributed by atoms with van der Waals surface area (Å²) in [7, 11) is 0. The lowest BCUT2D eigenvalue weighted by molar-refractivity contribution is -0.138. The van der Waals surface area contributed by atoms with E-state index in [2.05, 4.69) is 15.4 Å². The average Bonchev–Trinajstić information content (AvgIpc) is 3.14. The van der Waals surface area contributed by atoms with Gasteiger partial charge in [0.25, 0.3) is 0 Å². The zero-order valence-electron chi connectivity index (χ0n) is 18.6. The second-order valence-electron chi connectivity index (χ2n) is 7.82. The molecule has 0 aliphatic rings. The molecule has 2 amide bonds. The van der Waals surface area contributed by atoms with Gasteiger partial charge in [-0.1, -0.05) is 17.7 Å². The zero-order chi connectivity index (χ0) is 25.3. The number of benzene rings is 1. The van der Waals surface area contributed by atoms with Crippen molar-refractivity contribution in [3.05, 3.63) is 82.8 Å². The molecule has 0 fully saturated rings. The number of carbonyl (C=O) groups excluding carboxylic acids is 2. The Morgan fingerprint density at radius 2 is 1.89 bits per heavy atom. The number of aromatic nitrogens is 3. The lowest BCUT2D eigenvalue weighted by Gasteiger charge is -2.21. The number of fused-ring (bicyclic) bond motifs is 1. The van der Waals surface area contributed by atoms with Crippen LogP contribution in [0, 0.1) is 6.92 Å². The number of pyridine rings is 2. The molecule has 7 nitrogen and oxygen atoms in total. The van der Waals surface area contributed by atoms with Gasteiger partial charge in [-0.3, -0.25) is 14.5 Å². The number of amides is 2. The van der Waals surface area contributed by atoms with Crippen LogP contribution in [0.1, 0.15) is 23.7 Å². The molecule has 0 saturated heterocycles. The maximum atomic E-state index is 13.3. The summed E-state index contributed by atoms with van der Waals surface area (Å²) in [4.78, 5) is 30.6. The largest absolute Gasteiger partial charge is 0.416 e. The smallest absolute Gasteiger partial charge is 0.326 e. The fraction of sp³-hybridized carbons (Fsp3) is 0.167. The highest BCUT2D eigenvalue weighted by Crippen LogP contribution is 2.34. The molecule has 180 valence electrons. The Kier molecular flexibility index (Phi) is 6.49. The monoisotopic (exact) mass is 501 g/mol. The molecule has 35 heavy (non-hydrogen) atoms. The Morgan fingerprint density at radius 1 is 1.11 bits per heavy atom. The second-order valence-corrected chi connectivity index (χ2v) is 8.26. The summed E-state index contributed by atoms with van der Waals surface area (Å²) in [5, 5.41) is 6.81. The van der Waals surface area contributed by atoms with Crippen molar-refractivity contribution >= 4 is 46.1 Å². The third-order valence-corrected chi connectivity index (χ3v) is 5.36. The molecule has 0 unspecified atom stereocenters. The Bertz CT molecular complexity index is 1430. The van der Waals surface area contributed by atoms with Gasteiger partial charge in [-0.25, -0.2) is 9.50 Å². The van der Waals surface area contributed by atoms with Gasteiger partial charge in [0.2, 0.25) is 11.8 Å². The van der Waals surface area contributed by atoms with Gasteiger partial charge in [-0.05, 0) is 48.9 Å². The number of aryl methyl sites for hydroxylation is 1. The van der Waals surface area contributed by atoms with Crippen molar-refractivity contribution in [2.45, 2.75) is 26.4 Å². The van der Waals surface area contributed by atoms with Crippen LogP contribution >= 0.6 is 11.6 Å². The van der Waals surface area contributed by atoms with E-state index in [1.165, 1.54) is 42.3 Å². The zero-order valence-corrected chi connectivity index (χ0v) is 19.4. The van der Waals surface area contributed by atoms with Gasteiger partial charge in [-0.15, -0.1) is 0 Å². The van der Waals surface area contributed by atoms with Gasteiger partial charge in [0.15, 0.2) is 0 Å². The SMILES string of the molecule is CC(=O)N(c1ccn2nc(C)cc2c1)c1cc(NC(=O)Cc2ccc(Cl)cc2C(F)(F)F)ccn1. The highest BCUT2D eigenvalue weighted by molar-refractivity contribution is 6.30. The number of nitrogens with zero attached hydrogens (tertiary/aromatic N) is 4. The summed E-state index contributed by atoms with van der Waals surface area (Å²) in [6, 6.07) is 11.5. The molecule has 1 N–H and O–H groups in total. The van der Waals surface area contributed by atoms with E-state index in [9.17, 15) is 22.8 Å². The van der Waals surface area contributed by atoms with Gasteiger partial charge in [0.05, 0.1) is 28.9 Å². The molecule has 0 saturated carbocycles. The maximum absolute atomic E-state index is 13.3. The molecule has 3 aromatic heterocycles. The summed E-state index contributed by atoms with van der Waals surface area (Å²) >= 11 is 5.70. The van der Waals surface area contributed by atoms with Crippen molar-refractivity contribution in [1.82, 2.24) is 14.6 Å². The molecular formula is C24H19ClF3N5O2. The number of hydrogen-bond donors (Lipinski definition) is 1. The van der Waals surface area contributed by atoms with Crippen LogP contribution in [0.5, 0.6) is 0 Å². The highest BCUT2D eigenvalue weighted by atomic mass is 35.5.